The second-order valence-corrected chi connectivity index (χ2v) is 15.5. The van der Waals surface area contributed by atoms with E-state index in [4.69, 9.17) is 5.11 Å². The first-order valence-electron chi connectivity index (χ1n) is 17.7. The Balaban J connectivity index is 0.000000166. The minimum atomic E-state index is -0.901. The summed E-state index contributed by atoms with van der Waals surface area (Å²) in [4.78, 5) is 24.0. The van der Waals surface area contributed by atoms with Gasteiger partial charge in [0.2, 0.25) is 5.91 Å². The number of carboxylic acid groups (broad SMARTS) is 1. The van der Waals surface area contributed by atoms with E-state index in [0.717, 1.165) is 42.7 Å². The third-order valence-corrected chi connectivity index (χ3v) is 12.1. The molecule has 3 aliphatic carbocycles. The smallest absolute Gasteiger partial charge is 0.326 e. The van der Waals surface area contributed by atoms with Crippen LogP contribution in [0.5, 0.6) is 11.5 Å². The summed E-state index contributed by atoms with van der Waals surface area (Å²) in [5, 5.41) is 38.9. The summed E-state index contributed by atoms with van der Waals surface area (Å²) in [6.07, 6.45) is 8.13. The van der Waals surface area contributed by atoms with E-state index in [1.54, 1.807) is 6.92 Å². The lowest BCUT2D eigenvalue weighted by Crippen LogP contribution is -2.43. The Morgan fingerprint density at radius 1 is 0.957 bits per heavy atom. The number of amides is 1. The summed E-state index contributed by atoms with van der Waals surface area (Å²) in [6, 6.07) is 11.3. The number of para-hydroxylation sites is 1. The van der Waals surface area contributed by atoms with Gasteiger partial charge in [-0.15, -0.1) is 0 Å². The van der Waals surface area contributed by atoms with E-state index < -0.39 is 12.0 Å². The number of likely N-dealkylation sites (tertiary alicyclic amines) is 1. The summed E-state index contributed by atoms with van der Waals surface area (Å²) in [5.74, 6) is 3.01. The predicted molar refractivity (Wildman–Crippen MR) is 190 cm³/mol. The van der Waals surface area contributed by atoms with Gasteiger partial charge in [-0.1, -0.05) is 65.8 Å². The number of hydrogen-bond donors (Lipinski definition) is 5. The van der Waals surface area contributed by atoms with Crippen LogP contribution in [0.25, 0.3) is 0 Å². The van der Waals surface area contributed by atoms with Crippen LogP contribution >= 0.6 is 12.6 Å². The predicted octanol–water partition coefficient (Wildman–Crippen LogP) is 7.88. The molecule has 0 radical (unpaired) electrons. The molecule has 4 N–H and O–H groups in total. The average molecular weight is 668 g/mol. The summed E-state index contributed by atoms with van der Waals surface area (Å²) in [6.45, 7) is 13.0. The van der Waals surface area contributed by atoms with Crippen LogP contribution in [0.2, 0.25) is 0 Å². The van der Waals surface area contributed by atoms with Crippen LogP contribution in [0, 0.1) is 23.2 Å². The third-order valence-electron chi connectivity index (χ3n) is 11.5. The maximum atomic E-state index is 11.7. The number of fused-ring (bicyclic) bond motifs is 5. The SMILES string of the molecule is CC(C)c1cccc(C(C)C)c1O.C[C@H](CS)C(=O)N1CCC[C@H]1C(=O)O.C[C@]12CC[C@@H]3c4ccc(O)cc4CC[C@H]3[C@@H]1CC[C@@H]2O. The summed E-state index contributed by atoms with van der Waals surface area (Å²) < 4.78 is 0. The molecule has 4 aliphatic rings. The molecule has 2 aromatic carbocycles. The normalized spacial score (nSPS) is 28.3. The third kappa shape index (κ3) is 7.96. The van der Waals surface area contributed by atoms with Crippen molar-refractivity contribution in [1.82, 2.24) is 4.90 Å². The molecule has 0 aromatic heterocycles. The number of rotatable bonds is 5. The molecule has 0 bridgehead atoms. The molecule has 7 nitrogen and oxygen atoms in total. The van der Waals surface area contributed by atoms with Crippen molar-refractivity contribution in [3.8, 4) is 11.5 Å². The van der Waals surface area contributed by atoms with Crippen molar-refractivity contribution in [2.24, 2.45) is 23.2 Å². The first-order chi connectivity index (χ1) is 22.2. The average Bonchev–Trinajstić information content (AvgIpc) is 3.65. The van der Waals surface area contributed by atoms with Gasteiger partial charge in [0.25, 0.3) is 0 Å². The first-order valence-corrected chi connectivity index (χ1v) is 18.3. The molecule has 1 aliphatic heterocycles. The number of aryl methyl sites for hydroxylation is 1. The molecule has 7 atom stereocenters. The number of nitrogens with zero attached hydrogens (tertiary/aromatic N) is 1. The highest BCUT2D eigenvalue weighted by Gasteiger charge is 2.54. The molecule has 0 unspecified atom stereocenters. The molecule has 1 heterocycles. The maximum Gasteiger partial charge on any atom is 0.326 e. The Hall–Kier alpha value is -2.71. The summed E-state index contributed by atoms with van der Waals surface area (Å²) >= 11 is 4.03. The van der Waals surface area contributed by atoms with Crippen LogP contribution in [0.4, 0.5) is 0 Å². The number of aliphatic hydroxyl groups is 1. The van der Waals surface area contributed by atoms with Gasteiger partial charge in [-0.2, -0.15) is 12.6 Å². The lowest BCUT2D eigenvalue weighted by atomic mass is 9.55. The molecule has 2 saturated carbocycles. The Morgan fingerprint density at radius 3 is 2.21 bits per heavy atom. The molecule has 8 heteroatoms. The Kier molecular flexibility index (Phi) is 12.4. The van der Waals surface area contributed by atoms with Crippen molar-refractivity contribution < 1.29 is 30.0 Å². The van der Waals surface area contributed by atoms with Crippen molar-refractivity contribution >= 4 is 24.5 Å². The van der Waals surface area contributed by atoms with E-state index in [1.165, 1.54) is 35.3 Å². The number of thiol groups is 1. The van der Waals surface area contributed by atoms with Crippen LogP contribution in [0.15, 0.2) is 36.4 Å². The summed E-state index contributed by atoms with van der Waals surface area (Å²) in [5.41, 5.74) is 5.09. The Labute approximate surface area is 287 Å². The largest absolute Gasteiger partial charge is 0.508 e. The minimum absolute atomic E-state index is 0.0883. The number of aromatic hydroxyl groups is 2. The highest BCUT2D eigenvalue weighted by atomic mass is 32.1. The number of phenols is 2. The van der Waals surface area contributed by atoms with Crippen molar-refractivity contribution in [2.75, 3.05) is 12.3 Å². The van der Waals surface area contributed by atoms with Gasteiger partial charge >= 0.3 is 5.97 Å². The van der Waals surface area contributed by atoms with Crippen molar-refractivity contribution in [3.05, 3.63) is 58.7 Å². The number of benzene rings is 2. The molecule has 260 valence electrons. The van der Waals surface area contributed by atoms with Gasteiger partial charge in [0.05, 0.1) is 6.10 Å². The number of hydrogen-bond acceptors (Lipinski definition) is 6. The molecule has 0 spiro atoms. The fourth-order valence-corrected chi connectivity index (χ4v) is 8.86. The minimum Gasteiger partial charge on any atom is -0.508 e. The standard InChI is InChI=1S/C18H24O2.C12H18O.C9H15NO3S/c1-18-9-8-14-13-5-3-12(19)10-11(13)2-4-15(14)16(18)6-7-17(18)20;1-8(2)10-6-5-7-11(9(3)4)12(10)13;1-6(5-14)8(11)10-4-2-3-7(10)9(12)13/h3,5,10,14-17,19-20H,2,4,6-9H2,1H3;5-9,13H,1-4H3;6-7,14H,2-5H2,1H3,(H,12,13)/t14-,15-,16+,17+,18+;;6-,7+/m1.1/s1. The van der Waals surface area contributed by atoms with Crippen molar-refractivity contribution in [1.29, 1.82) is 0 Å². The van der Waals surface area contributed by atoms with Crippen molar-refractivity contribution in [3.63, 3.8) is 0 Å². The summed E-state index contributed by atoms with van der Waals surface area (Å²) in [7, 11) is 0. The molecule has 6 rings (SSSR count). The first kappa shape index (κ1) is 37.1. The molecule has 2 aromatic rings. The van der Waals surface area contributed by atoms with Crippen LogP contribution in [0.3, 0.4) is 0 Å². The molecular weight excluding hydrogens is 610 g/mol. The van der Waals surface area contributed by atoms with Gasteiger partial charge in [0, 0.05) is 18.2 Å². The maximum absolute atomic E-state index is 11.7. The number of phenolic OH excluding ortho intramolecular Hbond substituents is 2. The molecular formula is C39H57NO6S. The zero-order valence-electron chi connectivity index (χ0n) is 29.2. The van der Waals surface area contributed by atoms with Crippen LogP contribution < -0.4 is 0 Å². The topological polar surface area (TPSA) is 118 Å². The number of carboxylic acids is 1. The van der Waals surface area contributed by atoms with E-state index in [2.05, 4.69) is 53.3 Å². The van der Waals surface area contributed by atoms with Gasteiger partial charge < -0.3 is 25.3 Å². The Bertz CT molecular complexity index is 1370. The fraction of sp³-hybridized carbons (Fsp3) is 0.641. The van der Waals surface area contributed by atoms with E-state index in [9.17, 15) is 24.9 Å². The van der Waals surface area contributed by atoms with Gasteiger partial charge in [0.1, 0.15) is 17.5 Å². The molecule has 3 fully saturated rings. The lowest BCUT2D eigenvalue weighted by Gasteiger charge is -2.50. The molecule has 1 saturated heterocycles. The van der Waals surface area contributed by atoms with E-state index in [-0.39, 0.29) is 23.3 Å². The fourth-order valence-electron chi connectivity index (χ4n) is 8.70. The van der Waals surface area contributed by atoms with Crippen molar-refractivity contribution in [2.45, 2.75) is 123 Å². The van der Waals surface area contributed by atoms with Crippen LogP contribution in [-0.4, -0.2) is 61.6 Å². The van der Waals surface area contributed by atoms with Gasteiger partial charge in [0.15, 0.2) is 0 Å². The second kappa shape index (κ2) is 15.7. The van der Waals surface area contributed by atoms with E-state index >= 15 is 0 Å². The quantitative estimate of drug-likeness (QED) is 0.207. The van der Waals surface area contributed by atoms with Crippen LogP contribution in [0.1, 0.15) is 126 Å². The Morgan fingerprint density at radius 2 is 1.62 bits per heavy atom. The lowest BCUT2D eigenvalue weighted by molar-refractivity contribution is -0.149. The highest BCUT2D eigenvalue weighted by molar-refractivity contribution is 7.80. The van der Waals surface area contributed by atoms with Gasteiger partial charge in [-0.3, -0.25) is 4.79 Å². The number of carbonyl (C=O) groups is 2. The highest BCUT2D eigenvalue weighted by Crippen LogP contribution is 2.60. The van der Waals surface area contributed by atoms with E-state index in [0.29, 0.717) is 53.9 Å². The van der Waals surface area contributed by atoms with Crippen LogP contribution in [-0.2, 0) is 16.0 Å². The zero-order chi connectivity index (χ0) is 34.6. The zero-order valence-corrected chi connectivity index (χ0v) is 30.0. The van der Waals surface area contributed by atoms with Gasteiger partial charge in [-0.05, 0) is 121 Å². The number of aliphatic hydroxyl groups excluding tert-OH is 1. The monoisotopic (exact) mass is 667 g/mol. The number of aliphatic carboxylic acids is 1. The molecule has 47 heavy (non-hydrogen) atoms. The number of carbonyl (C=O) groups excluding carboxylic acids is 1. The second-order valence-electron chi connectivity index (χ2n) is 15.1. The van der Waals surface area contributed by atoms with Gasteiger partial charge in [-0.25, -0.2) is 4.79 Å². The molecule has 1 amide bonds. The van der Waals surface area contributed by atoms with E-state index in [1.807, 2.05) is 30.3 Å².